The fourth-order valence-electron chi connectivity index (χ4n) is 2.07. The van der Waals surface area contributed by atoms with Gasteiger partial charge in [-0.2, -0.15) is 0 Å². The number of nitrogens with zero attached hydrogens (tertiary/aromatic N) is 1. The minimum Gasteiger partial charge on any atom is -0.308 e. The van der Waals surface area contributed by atoms with Crippen molar-refractivity contribution in [2.75, 3.05) is 0 Å². The van der Waals surface area contributed by atoms with Crippen LogP contribution in [0.4, 0.5) is 10.1 Å². The van der Waals surface area contributed by atoms with Crippen LogP contribution in [0.1, 0.15) is 16.7 Å². The lowest BCUT2D eigenvalue weighted by Gasteiger charge is -2.09. The van der Waals surface area contributed by atoms with E-state index in [0.717, 1.165) is 5.56 Å². The predicted octanol–water partition coefficient (Wildman–Crippen LogP) is 3.99. The molecule has 6 heteroatoms. The van der Waals surface area contributed by atoms with Crippen LogP contribution in [0, 0.1) is 22.9 Å². The van der Waals surface area contributed by atoms with Crippen LogP contribution in [0.25, 0.3) is 0 Å². The highest BCUT2D eigenvalue weighted by Gasteiger charge is 2.12. The third-order valence-electron chi connectivity index (χ3n) is 3.25. The van der Waals surface area contributed by atoms with Crippen LogP contribution in [0.2, 0.25) is 5.02 Å². The van der Waals surface area contributed by atoms with E-state index in [4.69, 9.17) is 11.6 Å². The van der Waals surface area contributed by atoms with Gasteiger partial charge in [-0.05, 0) is 30.7 Å². The van der Waals surface area contributed by atoms with Gasteiger partial charge in [0.25, 0.3) is 5.69 Å². The molecule has 2 aromatic rings. The van der Waals surface area contributed by atoms with Gasteiger partial charge in [-0.3, -0.25) is 10.1 Å². The number of nitrogens with one attached hydrogen (secondary N) is 1. The van der Waals surface area contributed by atoms with Crippen molar-refractivity contribution in [3.63, 3.8) is 0 Å². The summed E-state index contributed by atoms with van der Waals surface area (Å²) in [5, 5.41) is 14.4. The zero-order chi connectivity index (χ0) is 15.4. The maximum Gasteiger partial charge on any atom is 0.272 e. The topological polar surface area (TPSA) is 55.2 Å². The molecule has 0 aromatic heterocycles. The van der Waals surface area contributed by atoms with E-state index in [-0.39, 0.29) is 11.5 Å². The van der Waals surface area contributed by atoms with Gasteiger partial charge >= 0.3 is 0 Å². The molecule has 0 atom stereocenters. The Bertz CT molecular complexity index is 677. The summed E-state index contributed by atoms with van der Waals surface area (Å²) in [6.07, 6.45) is 0. The lowest BCUT2D eigenvalue weighted by Crippen LogP contribution is -2.15. The Labute approximate surface area is 126 Å². The number of halogens is 2. The standard InChI is InChI=1S/C15H14ClFN2O2/c1-10-11(3-2-4-15(10)19(20)21)8-18-9-12-7-13(16)5-6-14(12)17/h2-7,18H,8-9H2,1H3. The zero-order valence-electron chi connectivity index (χ0n) is 11.4. The molecule has 0 radical (unpaired) electrons. The number of hydrogen-bond donors (Lipinski definition) is 1. The lowest BCUT2D eigenvalue weighted by molar-refractivity contribution is -0.385. The van der Waals surface area contributed by atoms with Crippen molar-refractivity contribution in [2.24, 2.45) is 0 Å². The number of benzene rings is 2. The van der Waals surface area contributed by atoms with Gasteiger partial charge in [0.05, 0.1) is 4.92 Å². The van der Waals surface area contributed by atoms with Crippen molar-refractivity contribution in [3.05, 3.63) is 74.0 Å². The Morgan fingerprint density at radius 2 is 1.95 bits per heavy atom. The van der Waals surface area contributed by atoms with Crippen LogP contribution >= 0.6 is 11.6 Å². The molecule has 0 aliphatic rings. The molecular formula is C15H14ClFN2O2. The zero-order valence-corrected chi connectivity index (χ0v) is 12.2. The van der Waals surface area contributed by atoms with Crippen LogP contribution < -0.4 is 5.32 Å². The van der Waals surface area contributed by atoms with Crippen LogP contribution in [0.3, 0.4) is 0 Å². The quantitative estimate of drug-likeness (QED) is 0.671. The Hall–Kier alpha value is -1.98. The Kier molecular flexibility index (Phi) is 4.88. The van der Waals surface area contributed by atoms with Crippen LogP contribution in [0.15, 0.2) is 36.4 Å². The van der Waals surface area contributed by atoms with E-state index >= 15 is 0 Å². The van der Waals surface area contributed by atoms with Gasteiger partial charge in [-0.15, -0.1) is 0 Å². The molecular weight excluding hydrogens is 295 g/mol. The molecule has 0 amide bonds. The molecule has 1 N–H and O–H groups in total. The highest BCUT2D eigenvalue weighted by molar-refractivity contribution is 6.30. The van der Waals surface area contributed by atoms with E-state index in [0.29, 0.717) is 29.2 Å². The average Bonchev–Trinajstić information content (AvgIpc) is 2.44. The van der Waals surface area contributed by atoms with Crippen molar-refractivity contribution >= 4 is 17.3 Å². The highest BCUT2D eigenvalue weighted by Crippen LogP contribution is 2.21. The molecule has 0 unspecified atom stereocenters. The first-order chi connectivity index (χ1) is 9.99. The third kappa shape index (κ3) is 3.77. The van der Waals surface area contributed by atoms with Crippen molar-refractivity contribution in [2.45, 2.75) is 20.0 Å². The van der Waals surface area contributed by atoms with Crippen molar-refractivity contribution in [1.82, 2.24) is 5.32 Å². The van der Waals surface area contributed by atoms with Gasteiger partial charge in [0.1, 0.15) is 5.82 Å². The van der Waals surface area contributed by atoms with E-state index < -0.39 is 4.92 Å². The molecule has 0 saturated carbocycles. The van der Waals surface area contributed by atoms with Crippen LogP contribution in [-0.2, 0) is 13.1 Å². The fourth-order valence-corrected chi connectivity index (χ4v) is 2.26. The SMILES string of the molecule is Cc1c(CNCc2cc(Cl)ccc2F)cccc1[N+](=O)[O-]. The first-order valence-corrected chi connectivity index (χ1v) is 6.74. The van der Waals surface area contributed by atoms with Gasteiger partial charge < -0.3 is 5.32 Å². The van der Waals surface area contributed by atoms with Crippen LogP contribution in [-0.4, -0.2) is 4.92 Å². The van der Waals surface area contributed by atoms with Gasteiger partial charge in [0.15, 0.2) is 0 Å². The number of nitro benzene ring substituents is 1. The normalized spacial score (nSPS) is 10.6. The number of rotatable bonds is 5. The van der Waals surface area contributed by atoms with Gasteiger partial charge in [-0.1, -0.05) is 23.7 Å². The second-order valence-corrected chi connectivity index (χ2v) is 5.09. The van der Waals surface area contributed by atoms with Crippen molar-refractivity contribution < 1.29 is 9.31 Å². The maximum atomic E-state index is 13.6. The molecule has 4 nitrogen and oxygen atoms in total. The first-order valence-electron chi connectivity index (χ1n) is 6.36. The summed E-state index contributed by atoms with van der Waals surface area (Å²) in [4.78, 5) is 10.5. The Morgan fingerprint density at radius 1 is 1.24 bits per heavy atom. The highest BCUT2D eigenvalue weighted by atomic mass is 35.5. The molecule has 0 heterocycles. The maximum absolute atomic E-state index is 13.6. The van der Waals surface area contributed by atoms with E-state index in [1.165, 1.54) is 18.2 Å². The van der Waals surface area contributed by atoms with Crippen molar-refractivity contribution in [3.8, 4) is 0 Å². The molecule has 0 aliphatic carbocycles. The number of hydrogen-bond acceptors (Lipinski definition) is 3. The summed E-state index contributed by atoms with van der Waals surface area (Å²) in [7, 11) is 0. The summed E-state index contributed by atoms with van der Waals surface area (Å²) in [5.74, 6) is -0.331. The van der Waals surface area contributed by atoms with Crippen molar-refractivity contribution in [1.29, 1.82) is 0 Å². The Balaban J connectivity index is 2.05. The average molecular weight is 309 g/mol. The van der Waals surface area contributed by atoms with E-state index in [1.54, 1.807) is 19.1 Å². The molecule has 2 rings (SSSR count). The molecule has 0 spiro atoms. The van der Waals surface area contributed by atoms with E-state index in [9.17, 15) is 14.5 Å². The van der Waals surface area contributed by atoms with Gasteiger partial charge in [-0.25, -0.2) is 4.39 Å². The summed E-state index contributed by atoms with van der Waals surface area (Å²) < 4.78 is 13.6. The largest absolute Gasteiger partial charge is 0.308 e. The fraction of sp³-hybridized carbons (Fsp3) is 0.200. The van der Waals surface area contributed by atoms with Gasteiger partial charge in [0.2, 0.25) is 0 Å². The first kappa shape index (κ1) is 15.4. The molecule has 0 bridgehead atoms. The molecule has 0 aliphatic heterocycles. The molecule has 0 fully saturated rings. The monoisotopic (exact) mass is 308 g/mol. The Morgan fingerprint density at radius 3 is 2.67 bits per heavy atom. The number of nitro groups is 1. The van der Waals surface area contributed by atoms with Gasteiger partial charge in [0, 0.05) is 35.3 Å². The minimum absolute atomic E-state index is 0.0863. The molecule has 0 saturated heterocycles. The molecule has 2 aromatic carbocycles. The smallest absolute Gasteiger partial charge is 0.272 e. The van der Waals surface area contributed by atoms with E-state index in [1.807, 2.05) is 6.07 Å². The summed E-state index contributed by atoms with van der Waals surface area (Å²) >= 11 is 5.82. The minimum atomic E-state index is -0.407. The van der Waals surface area contributed by atoms with E-state index in [2.05, 4.69) is 5.32 Å². The lowest BCUT2D eigenvalue weighted by atomic mass is 10.1. The molecule has 21 heavy (non-hydrogen) atoms. The predicted molar refractivity (Wildman–Crippen MR) is 79.8 cm³/mol. The summed E-state index contributed by atoms with van der Waals surface area (Å²) in [6, 6.07) is 9.29. The summed E-state index contributed by atoms with van der Waals surface area (Å²) in [5.41, 5.74) is 1.97. The summed E-state index contributed by atoms with van der Waals surface area (Å²) in [6.45, 7) is 2.42. The second-order valence-electron chi connectivity index (χ2n) is 4.66. The third-order valence-corrected chi connectivity index (χ3v) is 3.49. The second kappa shape index (κ2) is 6.65. The van der Waals surface area contributed by atoms with Crippen LogP contribution in [0.5, 0.6) is 0 Å². The molecule has 110 valence electrons.